The van der Waals surface area contributed by atoms with Gasteiger partial charge in [0.1, 0.15) is 5.76 Å². The van der Waals surface area contributed by atoms with Gasteiger partial charge >= 0.3 is 0 Å². The molecule has 0 saturated heterocycles. The zero-order valence-corrected chi connectivity index (χ0v) is 13.1. The number of benzene rings is 1. The molecule has 1 unspecified atom stereocenters. The third-order valence-electron chi connectivity index (χ3n) is 3.26. The van der Waals surface area contributed by atoms with Gasteiger partial charge in [-0.15, -0.1) is 0 Å². The summed E-state index contributed by atoms with van der Waals surface area (Å²) in [6.45, 7) is 6.26. The standard InChI is InChI=1S/C18H22N2O2/c1-14(2)12-21-13-17(18-4-3-9-22-18)20-11-16-7-5-15(10-19)6-8-16/h3-9,14,17,20H,11-13H2,1-2H3. The first-order valence-corrected chi connectivity index (χ1v) is 7.52. The lowest BCUT2D eigenvalue weighted by molar-refractivity contribution is 0.0844. The molecule has 0 radical (unpaired) electrons. The van der Waals surface area contributed by atoms with E-state index in [2.05, 4.69) is 25.2 Å². The molecule has 0 aliphatic heterocycles. The van der Waals surface area contributed by atoms with Gasteiger partial charge in [-0.05, 0) is 35.7 Å². The maximum atomic E-state index is 8.82. The van der Waals surface area contributed by atoms with E-state index in [0.717, 1.165) is 17.9 Å². The van der Waals surface area contributed by atoms with Gasteiger partial charge in [0.05, 0.1) is 30.5 Å². The van der Waals surface area contributed by atoms with E-state index >= 15 is 0 Å². The van der Waals surface area contributed by atoms with E-state index in [1.54, 1.807) is 6.26 Å². The molecule has 4 heteroatoms. The molecule has 1 aromatic heterocycles. The van der Waals surface area contributed by atoms with Crippen LogP contribution in [0.25, 0.3) is 0 Å². The van der Waals surface area contributed by atoms with E-state index in [-0.39, 0.29) is 6.04 Å². The maximum absolute atomic E-state index is 8.82. The van der Waals surface area contributed by atoms with Crippen LogP contribution in [0.4, 0.5) is 0 Å². The Balaban J connectivity index is 1.92. The van der Waals surface area contributed by atoms with Crippen molar-refractivity contribution in [2.45, 2.75) is 26.4 Å². The fraction of sp³-hybridized carbons (Fsp3) is 0.389. The van der Waals surface area contributed by atoms with Crippen molar-refractivity contribution in [2.24, 2.45) is 5.92 Å². The minimum atomic E-state index is 0.0180. The lowest BCUT2D eigenvalue weighted by atomic mass is 10.1. The minimum Gasteiger partial charge on any atom is -0.468 e. The third-order valence-corrected chi connectivity index (χ3v) is 3.26. The molecule has 1 atom stereocenters. The summed E-state index contributed by atoms with van der Waals surface area (Å²) in [7, 11) is 0. The van der Waals surface area contributed by atoms with Gasteiger partial charge in [-0.2, -0.15) is 5.26 Å². The molecule has 0 amide bonds. The van der Waals surface area contributed by atoms with Crippen LogP contribution in [0.15, 0.2) is 47.1 Å². The van der Waals surface area contributed by atoms with Crippen molar-refractivity contribution in [1.29, 1.82) is 5.26 Å². The number of hydrogen-bond donors (Lipinski definition) is 1. The van der Waals surface area contributed by atoms with E-state index in [1.165, 1.54) is 0 Å². The molecule has 2 aromatic rings. The predicted molar refractivity (Wildman–Crippen MR) is 85.1 cm³/mol. The molecule has 0 bridgehead atoms. The van der Waals surface area contributed by atoms with E-state index < -0.39 is 0 Å². The van der Waals surface area contributed by atoms with Crippen LogP contribution < -0.4 is 5.32 Å². The molecule has 4 nitrogen and oxygen atoms in total. The number of hydrogen-bond acceptors (Lipinski definition) is 4. The van der Waals surface area contributed by atoms with Crippen molar-refractivity contribution < 1.29 is 9.15 Å². The Morgan fingerprint density at radius 3 is 2.55 bits per heavy atom. The summed E-state index contributed by atoms with van der Waals surface area (Å²) in [5, 5.41) is 12.3. The van der Waals surface area contributed by atoms with Gasteiger partial charge in [0, 0.05) is 13.2 Å². The van der Waals surface area contributed by atoms with E-state index in [9.17, 15) is 0 Å². The zero-order valence-electron chi connectivity index (χ0n) is 13.1. The second kappa shape index (κ2) is 8.38. The molecule has 0 saturated carbocycles. The van der Waals surface area contributed by atoms with Crippen molar-refractivity contribution >= 4 is 0 Å². The van der Waals surface area contributed by atoms with E-state index in [0.29, 0.717) is 24.6 Å². The largest absolute Gasteiger partial charge is 0.468 e. The fourth-order valence-corrected chi connectivity index (χ4v) is 2.09. The van der Waals surface area contributed by atoms with Crippen molar-refractivity contribution in [3.05, 3.63) is 59.5 Å². The fourth-order valence-electron chi connectivity index (χ4n) is 2.09. The Morgan fingerprint density at radius 2 is 1.95 bits per heavy atom. The first kappa shape index (κ1) is 16.3. The first-order chi connectivity index (χ1) is 10.7. The second-order valence-electron chi connectivity index (χ2n) is 5.69. The van der Waals surface area contributed by atoms with Crippen molar-refractivity contribution in [3.63, 3.8) is 0 Å². The summed E-state index contributed by atoms with van der Waals surface area (Å²) < 4.78 is 11.2. The minimum absolute atomic E-state index is 0.0180. The topological polar surface area (TPSA) is 58.2 Å². The number of rotatable bonds is 8. The Labute approximate surface area is 131 Å². The lowest BCUT2D eigenvalue weighted by Gasteiger charge is -2.18. The first-order valence-electron chi connectivity index (χ1n) is 7.52. The second-order valence-corrected chi connectivity index (χ2v) is 5.69. The third kappa shape index (κ3) is 5.03. The summed E-state index contributed by atoms with van der Waals surface area (Å²) in [4.78, 5) is 0. The van der Waals surface area contributed by atoms with Crippen LogP contribution in [0.3, 0.4) is 0 Å². The number of nitriles is 1. The van der Waals surface area contributed by atoms with Gasteiger partial charge in [0.2, 0.25) is 0 Å². The van der Waals surface area contributed by atoms with Gasteiger partial charge in [0.25, 0.3) is 0 Å². The highest BCUT2D eigenvalue weighted by Crippen LogP contribution is 2.15. The number of nitrogens with one attached hydrogen (secondary N) is 1. The van der Waals surface area contributed by atoms with Crippen LogP contribution in [-0.4, -0.2) is 13.2 Å². The molecule has 0 fully saturated rings. The molecule has 0 aliphatic carbocycles. The molecular weight excluding hydrogens is 276 g/mol. The van der Waals surface area contributed by atoms with Crippen LogP contribution in [0.2, 0.25) is 0 Å². The maximum Gasteiger partial charge on any atom is 0.123 e. The molecule has 1 aromatic carbocycles. The average Bonchev–Trinajstić information content (AvgIpc) is 3.05. The highest BCUT2D eigenvalue weighted by molar-refractivity contribution is 5.31. The highest BCUT2D eigenvalue weighted by atomic mass is 16.5. The smallest absolute Gasteiger partial charge is 0.123 e. The molecule has 0 spiro atoms. The van der Waals surface area contributed by atoms with Crippen molar-refractivity contribution in [1.82, 2.24) is 5.32 Å². The molecular formula is C18H22N2O2. The van der Waals surface area contributed by atoms with Gasteiger partial charge in [-0.3, -0.25) is 0 Å². The summed E-state index contributed by atoms with van der Waals surface area (Å²) in [5.74, 6) is 1.38. The summed E-state index contributed by atoms with van der Waals surface area (Å²) in [5.41, 5.74) is 1.80. The number of ether oxygens (including phenoxy) is 1. The summed E-state index contributed by atoms with van der Waals surface area (Å²) >= 11 is 0. The van der Waals surface area contributed by atoms with Crippen LogP contribution >= 0.6 is 0 Å². The van der Waals surface area contributed by atoms with Crippen LogP contribution in [0.1, 0.15) is 36.8 Å². The SMILES string of the molecule is CC(C)COCC(NCc1ccc(C#N)cc1)c1ccco1. The Hall–Kier alpha value is -2.09. The van der Waals surface area contributed by atoms with Crippen LogP contribution in [0.5, 0.6) is 0 Å². The zero-order chi connectivity index (χ0) is 15.8. The van der Waals surface area contributed by atoms with Gasteiger partial charge < -0.3 is 14.5 Å². The monoisotopic (exact) mass is 298 g/mol. The lowest BCUT2D eigenvalue weighted by Crippen LogP contribution is -2.25. The molecule has 2 rings (SSSR count). The molecule has 116 valence electrons. The normalized spacial score (nSPS) is 12.3. The number of furan rings is 1. The van der Waals surface area contributed by atoms with Crippen molar-refractivity contribution in [3.8, 4) is 6.07 Å². The van der Waals surface area contributed by atoms with Crippen LogP contribution in [0, 0.1) is 17.2 Å². The predicted octanol–water partition coefficient (Wildman–Crippen LogP) is 3.65. The quantitative estimate of drug-likeness (QED) is 0.808. The van der Waals surface area contributed by atoms with Crippen LogP contribution in [-0.2, 0) is 11.3 Å². The highest BCUT2D eigenvalue weighted by Gasteiger charge is 2.14. The van der Waals surface area contributed by atoms with E-state index in [1.807, 2.05) is 36.4 Å². The molecule has 1 heterocycles. The Kier molecular flexibility index (Phi) is 6.20. The summed E-state index contributed by atoms with van der Waals surface area (Å²) in [6.07, 6.45) is 1.67. The van der Waals surface area contributed by atoms with Gasteiger partial charge in [-0.25, -0.2) is 0 Å². The Bertz CT molecular complexity index is 583. The Morgan fingerprint density at radius 1 is 1.18 bits per heavy atom. The van der Waals surface area contributed by atoms with Crippen molar-refractivity contribution in [2.75, 3.05) is 13.2 Å². The van der Waals surface area contributed by atoms with Gasteiger partial charge in [0.15, 0.2) is 0 Å². The molecule has 22 heavy (non-hydrogen) atoms. The number of nitrogens with zero attached hydrogens (tertiary/aromatic N) is 1. The van der Waals surface area contributed by atoms with E-state index in [4.69, 9.17) is 14.4 Å². The summed E-state index contributed by atoms with van der Waals surface area (Å²) in [6, 6.07) is 13.6. The average molecular weight is 298 g/mol. The molecule has 0 aliphatic rings. The van der Waals surface area contributed by atoms with Gasteiger partial charge in [-0.1, -0.05) is 26.0 Å². The molecule has 1 N–H and O–H groups in total.